The Hall–Kier alpha value is -3.02. The summed E-state index contributed by atoms with van der Waals surface area (Å²) in [6.07, 6.45) is 3.49. The average Bonchev–Trinajstić information content (AvgIpc) is 3.18. The number of allylic oxidation sites excluding steroid dienone is 1. The van der Waals surface area contributed by atoms with Gasteiger partial charge in [-0.15, -0.1) is 0 Å². The van der Waals surface area contributed by atoms with Crippen LogP contribution >= 0.6 is 20.2 Å². The highest BCUT2D eigenvalue weighted by Crippen LogP contribution is 2.40. The van der Waals surface area contributed by atoms with Crippen molar-refractivity contribution >= 4 is 45.8 Å². The van der Waals surface area contributed by atoms with Crippen LogP contribution in [-0.4, -0.2) is 52.4 Å². The number of hydrogen-bond donors (Lipinski definition) is 4. The molecule has 0 amide bonds. The number of nitrogens with one attached hydrogen (secondary N) is 1. The second-order valence-electron chi connectivity index (χ2n) is 8.61. The number of pyridine rings is 1. The van der Waals surface area contributed by atoms with Gasteiger partial charge in [-0.1, -0.05) is 11.6 Å². The molecule has 1 aromatic carbocycles. The van der Waals surface area contributed by atoms with Crippen LogP contribution in [0, 0.1) is 5.82 Å². The summed E-state index contributed by atoms with van der Waals surface area (Å²) in [4.78, 5) is 26.8. The zero-order chi connectivity index (χ0) is 27.6. The second-order valence-corrected chi connectivity index (χ2v) is 9.73. The van der Waals surface area contributed by atoms with Crippen molar-refractivity contribution in [1.29, 1.82) is 0 Å². The number of fused-ring (bicyclic) bond motifs is 5. The minimum absolute atomic E-state index is 0.191. The van der Waals surface area contributed by atoms with Crippen LogP contribution in [0.4, 0.5) is 10.2 Å². The molecule has 2 aromatic heterocycles. The van der Waals surface area contributed by atoms with Crippen molar-refractivity contribution in [2.75, 3.05) is 19.1 Å². The summed E-state index contributed by atoms with van der Waals surface area (Å²) in [5.41, 5.74) is 8.79. The van der Waals surface area contributed by atoms with Gasteiger partial charge < -0.3 is 25.6 Å². The molecule has 0 unspecified atom stereocenters. The molecule has 1 atom stereocenters. The van der Waals surface area contributed by atoms with E-state index in [4.69, 9.17) is 44.2 Å². The van der Waals surface area contributed by atoms with E-state index in [-0.39, 0.29) is 35.4 Å². The number of nitrogens with zero attached hydrogens (tertiary/aromatic N) is 4. The molecule has 2 radical (unpaired) electrons. The Labute approximate surface area is 226 Å². The second kappa shape index (κ2) is 11.4. The first-order valence-electron chi connectivity index (χ1n) is 11.5. The predicted molar refractivity (Wildman–Crippen MR) is 146 cm³/mol. The van der Waals surface area contributed by atoms with E-state index in [0.717, 1.165) is 0 Å². The minimum Gasteiger partial charge on any atom is -0.489 e. The van der Waals surface area contributed by atoms with E-state index < -0.39 is 19.9 Å². The smallest absolute Gasteiger partial charge is 0.328 e. The third-order valence-electron chi connectivity index (χ3n) is 5.97. The van der Waals surface area contributed by atoms with Gasteiger partial charge in [-0.3, -0.25) is 14.2 Å². The lowest BCUT2D eigenvalue weighted by atomic mass is 9.74. The minimum atomic E-state index is -2.59. The van der Waals surface area contributed by atoms with Crippen molar-refractivity contribution in [2.45, 2.75) is 32.3 Å². The largest absolute Gasteiger partial charge is 0.489 e. The molecule has 1 aliphatic heterocycles. The van der Waals surface area contributed by atoms with Crippen LogP contribution in [0.2, 0.25) is 5.15 Å². The van der Waals surface area contributed by atoms with Crippen LogP contribution in [0.3, 0.4) is 0 Å². The molecular weight excluding hydrogens is 533 g/mol. The van der Waals surface area contributed by atoms with Crippen molar-refractivity contribution < 1.29 is 23.4 Å². The molecule has 0 aliphatic carbocycles. The number of aromatic nitrogens is 3. The van der Waals surface area contributed by atoms with Gasteiger partial charge in [0.25, 0.3) is 0 Å². The van der Waals surface area contributed by atoms with E-state index in [1.54, 1.807) is 37.1 Å². The average molecular weight is 559 g/mol. The maximum Gasteiger partial charge on any atom is 0.328 e. The van der Waals surface area contributed by atoms with E-state index in [1.807, 2.05) is 6.92 Å². The van der Waals surface area contributed by atoms with E-state index >= 15 is 0 Å². The molecular formula is C24H26BClFN6O4P. The fourth-order valence-electron chi connectivity index (χ4n) is 4.30. The first kappa shape index (κ1) is 28.0. The van der Waals surface area contributed by atoms with E-state index in [1.165, 1.54) is 18.2 Å². The zero-order valence-electron chi connectivity index (χ0n) is 20.9. The van der Waals surface area contributed by atoms with E-state index in [9.17, 15) is 4.39 Å². The van der Waals surface area contributed by atoms with Crippen LogP contribution in [0.1, 0.15) is 30.5 Å². The first-order chi connectivity index (χ1) is 18.1. The number of anilines is 1. The van der Waals surface area contributed by atoms with Gasteiger partial charge in [-0.25, -0.2) is 9.37 Å². The third kappa shape index (κ3) is 5.69. The quantitative estimate of drug-likeness (QED) is 0.155. The lowest BCUT2D eigenvalue weighted by molar-refractivity contribution is 0.178. The monoisotopic (exact) mass is 558 g/mol. The summed E-state index contributed by atoms with van der Waals surface area (Å²) in [6.45, 7) is 3.75. The van der Waals surface area contributed by atoms with Crippen molar-refractivity contribution in [3.63, 3.8) is 0 Å². The van der Waals surface area contributed by atoms with Crippen LogP contribution in [-0.2, 0) is 23.0 Å². The van der Waals surface area contributed by atoms with Crippen molar-refractivity contribution in [3.8, 4) is 17.0 Å². The molecule has 0 spiro atoms. The molecule has 38 heavy (non-hydrogen) atoms. The summed E-state index contributed by atoms with van der Waals surface area (Å²) in [7, 11) is 5.69. The van der Waals surface area contributed by atoms with E-state index in [2.05, 4.69) is 20.4 Å². The van der Waals surface area contributed by atoms with Gasteiger partial charge in [0.2, 0.25) is 0 Å². The molecule has 2 bridgehead atoms. The van der Waals surface area contributed by atoms with Gasteiger partial charge in [0.1, 0.15) is 20.4 Å². The summed E-state index contributed by atoms with van der Waals surface area (Å²) in [5.74, 6) is -0.132. The maximum absolute atomic E-state index is 14.5. The highest BCUT2D eigenvalue weighted by molar-refractivity contribution is 7.39. The highest BCUT2D eigenvalue weighted by Gasteiger charge is 2.30. The Morgan fingerprint density at radius 3 is 2.87 bits per heavy atom. The molecule has 0 saturated heterocycles. The van der Waals surface area contributed by atoms with Gasteiger partial charge in [0.05, 0.1) is 11.2 Å². The standard InChI is InChI=1S/C24H26BClFN6O4P/c1-4-33-21-14-8-19(23(30-11-14)31-12-36-38(34)35)37-24(2,25)18-9-15(27)5-6-16(18)20(28)13(10-29-3)7-17(21)22(26)32-33/h5-6,8-11,34-35H,4,7,12,28H2,1-3H3,(H,30,31)/b20-13-,29-10?/t24-/m1/s1. The topological polar surface area (TPSA) is 140 Å². The zero-order valence-corrected chi connectivity index (χ0v) is 22.6. The molecule has 14 heteroatoms. The maximum atomic E-state index is 14.5. The van der Waals surface area contributed by atoms with Crippen molar-refractivity contribution in [2.24, 2.45) is 10.7 Å². The summed E-state index contributed by atoms with van der Waals surface area (Å²) < 4.78 is 27.3. The Bertz CT molecular complexity index is 1410. The molecule has 5 N–H and O–H groups in total. The van der Waals surface area contributed by atoms with Gasteiger partial charge in [-0.2, -0.15) is 5.10 Å². The van der Waals surface area contributed by atoms with E-state index in [0.29, 0.717) is 40.2 Å². The number of halogens is 2. The molecule has 4 rings (SSSR count). The number of benzene rings is 1. The fraction of sp³-hybridized carbons (Fsp3) is 0.292. The Morgan fingerprint density at radius 1 is 1.42 bits per heavy atom. The van der Waals surface area contributed by atoms with Crippen LogP contribution in [0.25, 0.3) is 17.0 Å². The number of hydrogen-bond acceptors (Lipinski definition) is 9. The molecule has 0 saturated carbocycles. The van der Waals surface area contributed by atoms with Gasteiger partial charge in [0.15, 0.2) is 16.7 Å². The number of aliphatic imine (C=N–C) groups is 1. The molecule has 1 aliphatic rings. The number of aryl methyl sites for hydroxylation is 1. The lowest BCUT2D eigenvalue weighted by Gasteiger charge is -2.31. The molecule has 198 valence electrons. The number of rotatable bonds is 6. The molecule has 0 fully saturated rings. The summed E-state index contributed by atoms with van der Waals surface area (Å²) in [6, 6.07) is 5.79. The van der Waals surface area contributed by atoms with Crippen molar-refractivity contribution in [1.82, 2.24) is 14.8 Å². The van der Waals surface area contributed by atoms with Crippen molar-refractivity contribution in [3.05, 3.63) is 63.7 Å². The Balaban J connectivity index is 2.02. The SMILES string of the molecule is [B][C@]1(C)Oc2cc(cnc2NCOP(O)O)-c2c(c(Cl)nn2CC)C/C(C=NC)=C(/N)c2ccc(F)cc21. The molecule has 10 nitrogen and oxygen atoms in total. The predicted octanol–water partition coefficient (Wildman–Crippen LogP) is 3.70. The normalized spacial score (nSPS) is 19.5. The lowest BCUT2D eigenvalue weighted by Crippen LogP contribution is -2.32. The van der Waals surface area contributed by atoms with Crippen LogP contribution in [0.15, 0.2) is 41.0 Å². The molecule has 3 heterocycles. The summed E-state index contributed by atoms with van der Waals surface area (Å²) in [5, 5.41) is 7.62. The Morgan fingerprint density at radius 2 is 2.18 bits per heavy atom. The Kier molecular flexibility index (Phi) is 8.39. The fourth-order valence-corrected chi connectivity index (χ4v) is 4.72. The first-order valence-corrected chi connectivity index (χ1v) is 13.1. The van der Waals surface area contributed by atoms with Crippen LogP contribution in [0.5, 0.6) is 5.75 Å². The molecule has 3 aromatic rings. The number of nitrogens with two attached hydrogens (primary N) is 1. The number of ether oxygens (including phenoxy) is 1. The van der Waals surface area contributed by atoms with Gasteiger partial charge in [-0.05, 0) is 49.2 Å². The van der Waals surface area contributed by atoms with Gasteiger partial charge in [0, 0.05) is 54.8 Å². The van der Waals surface area contributed by atoms with Gasteiger partial charge >= 0.3 is 8.60 Å². The third-order valence-corrected chi connectivity index (χ3v) is 6.64. The highest BCUT2D eigenvalue weighted by atomic mass is 35.5. The summed E-state index contributed by atoms with van der Waals surface area (Å²) >= 11 is 6.62. The van der Waals surface area contributed by atoms with Crippen LogP contribution < -0.4 is 15.8 Å².